The van der Waals surface area contributed by atoms with Gasteiger partial charge in [-0.2, -0.15) is 12.6 Å². The molecule has 2 nitrogen and oxygen atoms in total. The number of halogens is 1. The Morgan fingerprint density at radius 3 is 2.00 bits per heavy atom. The topological polar surface area (TPSA) is 7.12 Å². The Morgan fingerprint density at radius 1 is 0.889 bits per heavy atom. The fourth-order valence-corrected chi connectivity index (χ4v) is 3.10. The molecule has 148 valence electrons. The van der Waals surface area contributed by atoms with Gasteiger partial charge in [0.2, 0.25) is 0 Å². The van der Waals surface area contributed by atoms with Crippen LogP contribution in [0.15, 0.2) is 48.8 Å². The van der Waals surface area contributed by atoms with Crippen molar-refractivity contribution in [3.8, 4) is 0 Å². The van der Waals surface area contributed by atoms with Crippen LogP contribution < -0.4 is 33.4 Å². The van der Waals surface area contributed by atoms with Crippen LogP contribution >= 0.6 is 12.6 Å². The van der Waals surface area contributed by atoms with Crippen LogP contribution in [0, 0.1) is 0 Å². The molecular formula is C23H33IN2S. The summed E-state index contributed by atoms with van der Waals surface area (Å²) in [6, 6.07) is 13.6. The number of unbranched alkanes of at least 4 members (excludes halogenated alkanes) is 3. The van der Waals surface area contributed by atoms with Gasteiger partial charge in [0.1, 0.15) is 0 Å². The number of nitrogens with zero attached hydrogens (tertiary/aromatic N) is 2. The first-order valence-electron chi connectivity index (χ1n) is 9.71. The van der Waals surface area contributed by atoms with E-state index in [2.05, 4.69) is 104 Å². The minimum Gasteiger partial charge on any atom is -1.00 e. The van der Waals surface area contributed by atoms with Gasteiger partial charge in [0, 0.05) is 31.4 Å². The van der Waals surface area contributed by atoms with E-state index in [1.54, 1.807) is 0 Å². The number of benzene rings is 1. The smallest absolute Gasteiger partial charge is 0.169 e. The molecule has 2 aromatic rings. The van der Waals surface area contributed by atoms with Crippen molar-refractivity contribution >= 4 is 30.5 Å². The number of pyridine rings is 1. The second-order valence-corrected chi connectivity index (χ2v) is 7.60. The van der Waals surface area contributed by atoms with E-state index in [1.807, 2.05) is 0 Å². The van der Waals surface area contributed by atoms with Gasteiger partial charge in [0.15, 0.2) is 18.4 Å². The summed E-state index contributed by atoms with van der Waals surface area (Å²) >= 11 is 4.27. The Labute approximate surface area is 188 Å². The molecule has 0 saturated carbocycles. The van der Waals surface area contributed by atoms with E-state index in [0.29, 0.717) is 6.04 Å². The van der Waals surface area contributed by atoms with Gasteiger partial charge in [-0.3, -0.25) is 0 Å². The maximum Gasteiger partial charge on any atom is 0.169 e. The fourth-order valence-electron chi connectivity index (χ4n) is 2.88. The lowest BCUT2D eigenvalue weighted by Gasteiger charge is -2.19. The van der Waals surface area contributed by atoms with Crippen LogP contribution in [-0.4, -0.2) is 19.3 Å². The van der Waals surface area contributed by atoms with Crippen molar-refractivity contribution < 1.29 is 28.5 Å². The molecule has 27 heavy (non-hydrogen) atoms. The van der Waals surface area contributed by atoms with Crippen molar-refractivity contribution in [3.63, 3.8) is 0 Å². The highest BCUT2D eigenvalue weighted by molar-refractivity contribution is 7.80. The van der Waals surface area contributed by atoms with E-state index in [4.69, 9.17) is 0 Å². The van der Waals surface area contributed by atoms with Gasteiger partial charge in [-0.25, -0.2) is 4.57 Å². The molecule has 0 aliphatic heterocycles. The molecule has 0 spiro atoms. The van der Waals surface area contributed by atoms with Gasteiger partial charge in [-0.15, -0.1) is 0 Å². The van der Waals surface area contributed by atoms with Gasteiger partial charge in [-0.05, 0) is 55.7 Å². The van der Waals surface area contributed by atoms with E-state index in [0.717, 1.165) is 12.3 Å². The molecule has 1 aromatic heterocycles. The summed E-state index contributed by atoms with van der Waals surface area (Å²) in [5, 5.41) is 0. The van der Waals surface area contributed by atoms with E-state index in [9.17, 15) is 0 Å². The molecule has 0 radical (unpaired) electrons. The number of aromatic nitrogens is 1. The molecule has 0 saturated heterocycles. The van der Waals surface area contributed by atoms with E-state index >= 15 is 0 Å². The van der Waals surface area contributed by atoms with Crippen LogP contribution in [0.1, 0.15) is 56.7 Å². The highest BCUT2D eigenvalue weighted by Gasteiger charge is 2.04. The van der Waals surface area contributed by atoms with Crippen molar-refractivity contribution in [1.82, 2.24) is 0 Å². The van der Waals surface area contributed by atoms with Crippen LogP contribution in [0.3, 0.4) is 0 Å². The van der Waals surface area contributed by atoms with Crippen molar-refractivity contribution in [2.75, 3.05) is 24.2 Å². The van der Waals surface area contributed by atoms with Gasteiger partial charge >= 0.3 is 0 Å². The fraction of sp³-hybridized carbons (Fsp3) is 0.435. The zero-order valence-electron chi connectivity index (χ0n) is 16.8. The van der Waals surface area contributed by atoms with Crippen LogP contribution in [0.25, 0.3) is 12.2 Å². The predicted octanol–water partition coefficient (Wildman–Crippen LogP) is 2.66. The molecule has 1 aromatic carbocycles. The third-order valence-corrected chi connectivity index (χ3v) is 4.99. The van der Waals surface area contributed by atoms with Crippen LogP contribution in [0.2, 0.25) is 0 Å². The number of hydrogen-bond donors (Lipinski definition) is 1. The Balaban J connectivity index is 0.00000364. The molecule has 0 unspecified atom stereocenters. The first kappa shape index (κ1) is 24.0. The third kappa shape index (κ3) is 8.69. The average molecular weight is 497 g/mol. The molecule has 4 heteroatoms. The molecular weight excluding hydrogens is 463 g/mol. The summed E-state index contributed by atoms with van der Waals surface area (Å²) in [5.74, 6) is 1.01. The number of hydrogen-bond acceptors (Lipinski definition) is 2. The summed E-state index contributed by atoms with van der Waals surface area (Å²) < 4.78 is 2.21. The molecule has 0 N–H and O–H groups in total. The molecule has 0 fully saturated rings. The summed E-state index contributed by atoms with van der Waals surface area (Å²) in [6.45, 7) is 5.49. The number of anilines is 1. The zero-order valence-corrected chi connectivity index (χ0v) is 19.9. The van der Waals surface area contributed by atoms with E-state index in [-0.39, 0.29) is 24.0 Å². The normalized spacial score (nSPS) is 11.0. The highest BCUT2D eigenvalue weighted by Crippen LogP contribution is 2.16. The quantitative estimate of drug-likeness (QED) is 0.230. The van der Waals surface area contributed by atoms with E-state index < -0.39 is 0 Å². The van der Waals surface area contributed by atoms with Gasteiger partial charge in [0.05, 0.1) is 0 Å². The monoisotopic (exact) mass is 496 g/mol. The Hall–Kier alpha value is -1.01. The standard InChI is InChI=1S/C23H32N2S.HI/c1-20(2)25-17-14-22(15-18-25)9-8-21-10-12-23(13-11-21)24(3)16-6-4-5-7-19-26;/h8-15,17-18,20H,4-7,16,19H2,1-3H3;1H. The summed E-state index contributed by atoms with van der Waals surface area (Å²) in [4.78, 5) is 2.34. The zero-order chi connectivity index (χ0) is 18.8. The Morgan fingerprint density at radius 2 is 1.44 bits per heavy atom. The van der Waals surface area contributed by atoms with Crippen molar-refractivity contribution in [2.45, 2.75) is 45.6 Å². The second-order valence-electron chi connectivity index (χ2n) is 7.16. The highest BCUT2D eigenvalue weighted by atomic mass is 127. The van der Waals surface area contributed by atoms with Crippen molar-refractivity contribution in [1.29, 1.82) is 0 Å². The Kier molecular flexibility index (Phi) is 11.8. The first-order valence-corrected chi connectivity index (χ1v) is 10.3. The van der Waals surface area contributed by atoms with E-state index in [1.165, 1.54) is 42.5 Å². The molecule has 0 atom stereocenters. The SMILES string of the molecule is CC(C)[n+]1ccc(/C=C/c2ccc(N(C)CCCCCCS)cc2)cc1.[I-]. The summed E-state index contributed by atoms with van der Waals surface area (Å²) in [5.41, 5.74) is 3.75. The lowest BCUT2D eigenvalue weighted by atomic mass is 10.1. The molecule has 0 amide bonds. The van der Waals surface area contributed by atoms with Crippen LogP contribution in [0.4, 0.5) is 5.69 Å². The van der Waals surface area contributed by atoms with Gasteiger partial charge in [0.25, 0.3) is 0 Å². The first-order chi connectivity index (χ1) is 12.6. The average Bonchev–Trinajstić information content (AvgIpc) is 2.66. The van der Waals surface area contributed by atoms with Gasteiger partial charge < -0.3 is 28.9 Å². The van der Waals surface area contributed by atoms with Crippen molar-refractivity contribution in [2.24, 2.45) is 0 Å². The van der Waals surface area contributed by atoms with Crippen LogP contribution in [0.5, 0.6) is 0 Å². The summed E-state index contributed by atoms with van der Waals surface area (Å²) in [6.07, 6.45) is 13.7. The maximum atomic E-state index is 4.27. The van der Waals surface area contributed by atoms with Gasteiger partial charge in [-0.1, -0.05) is 37.1 Å². The minimum absolute atomic E-state index is 0. The van der Waals surface area contributed by atoms with Crippen LogP contribution in [-0.2, 0) is 0 Å². The predicted molar refractivity (Wildman–Crippen MR) is 118 cm³/mol. The minimum atomic E-state index is 0. The second kappa shape index (κ2) is 13.2. The molecule has 0 aliphatic carbocycles. The molecule has 0 aliphatic rings. The maximum absolute atomic E-state index is 4.27. The largest absolute Gasteiger partial charge is 1.00 e. The molecule has 1 heterocycles. The van der Waals surface area contributed by atoms with Crippen molar-refractivity contribution in [3.05, 3.63) is 59.9 Å². The number of rotatable bonds is 10. The summed E-state index contributed by atoms with van der Waals surface area (Å²) in [7, 11) is 2.18. The molecule has 2 rings (SSSR count). The third-order valence-electron chi connectivity index (χ3n) is 4.68. The molecule has 0 bridgehead atoms. The number of thiol groups is 1. The lowest BCUT2D eigenvalue weighted by Crippen LogP contribution is -3.00. The Bertz CT molecular complexity index is 666. The lowest BCUT2D eigenvalue weighted by molar-refractivity contribution is -0.716.